The summed E-state index contributed by atoms with van der Waals surface area (Å²) >= 11 is 0. The van der Waals surface area contributed by atoms with Gasteiger partial charge in [0.2, 0.25) is 11.8 Å². The molecule has 12 heteroatoms. The minimum atomic E-state index is -1.20. The van der Waals surface area contributed by atoms with Crippen molar-refractivity contribution in [1.82, 2.24) is 40.0 Å². The molecule has 0 aliphatic carbocycles. The number of aromatic amines is 2. The standard InChI is InChI=1S/C39H50N8O4/c1-6-45(7-2)25(5)37(48)46-20-8-10-32(46)35-40-22-30(42-35)28-16-12-26(13-17-28)27-14-18-29(19-15-27)31-23-41-36(43-31)33-11-9-21-47(33)38(49)34(24(3)4)44-39(50)51/h12-19,22-25,32-34,44H,6-11,20-21H2,1-5H3,(H,40,42)(H,41,43)(H,50,51)/t25-,32-,33-,34-/m0/s1. The number of likely N-dealkylation sites (N-methyl/N-ethyl adjacent to an activating group) is 1. The van der Waals surface area contributed by atoms with E-state index in [1.54, 1.807) is 11.1 Å². The second-order valence-corrected chi connectivity index (χ2v) is 14.0. The number of rotatable bonds is 12. The fraction of sp³-hybridized carbons (Fsp3) is 0.462. The van der Waals surface area contributed by atoms with E-state index in [1.165, 1.54) is 0 Å². The summed E-state index contributed by atoms with van der Waals surface area (Å²) in [5.41, 5.74) is 5.96. The zero-order valence-electron chi connectivity index (χ0n) is 30.2. The number of aromatic nitrogens is 4. The zero-order valence-corrected chi connectivity index (χ0v) is 30.2. The van der Waals surface area contributed by atoms with Crippen LogP contribution in [0.15, 0.2) is 60.9 Å². The molecular formula is C39H50N8O4. The van der Waals surface area contributed by atoms with Crippen LogP contribution in [0.4, 0.5) is 4.79 Å². The number of likely N-dealkylation sites (tertiary alicyclic amines) is 2. The molecule has 0 radical (unpaired) electrons. The van der Waals surface area contributed by atoms with Gasteiger partial charge in [0.15, 0.2) is 0 Å². The first-order chi connectivity index (χ1) is 24.6. The third-order valence-corrected chi connectivity index (χ3v) is 10.5. The van der Waals surface area contributed by atoms with Gasteiger partial charge < -0.3 is 30.2 Å². The molecule has 2 aliphatic rings. The Morgan fingerprint density at radius 1 is 0.765 bits per heavy atom. The normalized spacial score (nSPS) is 18.8. The summed E-state index contributed by atoms with van der Waals surface area (Å²) in [7, 11) is 0. The molecular weight excluding hydrogens is 644 g/mol. The third-order valence-electron chi connectivity index (χ3n) is 10.5. The van der Waals surface area contributed by atoms with E-state index in [4.69, 9.17) is 4.98 Å². The highest BCUT2D eigenvalue weighted by Crippen LogP contribution is 2.35. The van der Waals surface area contributed by atoms with Crippen LogP contribution in [0.25, 0.3) is 33.6 Å². The Balaban J connectivity index is 1.11. The van der Waals surface area contributed by atoms with Gasteiger partial charge in [0, 0.05) is 13.1 Å². The van der Waals surface area contributed by atoms with Crippen LogP contribution >= 0.6 is 0 Å². The fourth-order valence-electron chi connectivity index (χ4n) is 7.61. The molecule has 2 aliphatic heterocycles. The first-order valence-electron chi connectivity index (χ1n) is 18.2. The summed E-state index contributed by atoms with van der Waals surface area (Å²) in [4.78, 5) is 60.3. The average molecular weight is 695 g/mol. The molecule has 4 atom stereocenters. The van der Waals surface area contributed by atoms with Crippen molar-refractivity contribution in [2.75, 3.05) is 26.2 Å². The van der Waals surface area contributed by atoms with Crippen LogP contribution in [-0.2, 0) is 9.59 Å². The van der Waals surface area contributed by atoms with Gasteiger partial charge in [-0.15, -0.1) is 0 Å². The van der Waals surface area contributed by atoms with E-state index in [0.29, 0.717) is 12.4 Å². The smallest absolute Gasteiger partial charge is 0.405 e. The van der Waals surface area contributed by atoms with Gasteiger partial charge in [-0.05, 0) is 73.9 Å². The van der Waals surface area contributed by atoms with E-state index < -0.39 is 12.1 Å². The minimum Gasteiger partial charge on any atom is -0.465 e. The zero-order chi connectivity index (χ0) is 36.2. The van der Waals surface area contributed by atoms with E-state index in [9.17, 15) is 19.5 Å². The van der Waals surface area contributed by atoms with Gasteiger partial charge in [0.05, 0.1) is 41.9 Å². The van der Waals surface area contributed by atoms with Crippen LogP contribution in [0.5, 0.6) is 0 Å². The quantitative estimate of drug-likeness (QED) is 0.133. The molecule has 0 unspecified atom stereocenters. The van der Waals surface area contributed by atoms with Gasteiger partial charge in [-0.1, -0.05) is 76.2 Å². The molecule has 51 heavy (non-hydrogen) atoms. The van der Waals surface area contributed by atoms with Gasteiger partial charge in [-0.3, -0.25) is 14.5 Å². The van der Waals surface area contributed by atoms with Crippen molar-refractivity contribution in [1.29, 1.82) is 0 Å². The minimum absolute atomic E-state index is 0.0362. The number of H-pyrrole nitrogens is 2. The van der Waals surface area contributed by atoms with Crippen molar-refractivity contribution in [3.05, 3.63) is 72.6 Å². The number of nitrogens with one attached hydrogen (secondary N) is 3. The molecule has 6 rings (SSSR count). The van der Waals surface area contributed by atoms with E-state index in [0.717, 1.165) is 84.8 Å². The van der Waals surface area contributed by atoms with Crippen molar-refractivity contribution < 1.29 is 19.5 Å². The first-order valence-corrected chi connectivity index (χ1v) is 18.2. The maximum atomic E-state index is 13.4. The molecule has 4 N–H and O–H groups in total. The summed E-state index contributed by atoms with van der Waals surface area (Å²) in [6.07, 6.45) is 5.92. The van der Waals surface area contributed by atoms with Crippen molar-refractivity contribution >= 4 is 17.9 Å². The van der Waals surface area contributed by atoms with Gasteiger partial charge in [0.1, 0.15) is 17.7 Å². The number of benzene rings is 2. The van der Waals surface area contributed by atoms with Gasteiger partial charge >= 0.3 is 6.09 Å². The molecule has 0 spiro atoms. The molecule has 0 bridgehead atoms. The SMILES string of the molecule is CCN(CC)[C@@H](C)C(=O)N1CCC[C@H]1c1ncc(-c2ccc(-c3ccc(-c4cnc([C@@H]5CCCN5C(=O)[C@@H](NC(=O)O)C(C)C)[nH]4)cc3)cc2)[nH]1. The van der Waals surface area contributed by atoms with Crippen molar-refractivity contribution in [2.24, 2.45) is 5.92 Å². The Labute approximate surface area is 299 Å². The lowest BCUT2D eigenvalue weighted by atomic mass is 10.0. The van der Waals surface area contributed by atoms with Crippen molar-refractivity contribution in [3.8, 4) is 33.6 Å². The van der Waals surface area contributed by atoms with Crippen LogP contribution in [0, 0.1) is 5.92 Å². The third kappa shape index (κ3) is 7.56. The topological polar surface area (TPSA) is 151 Å². The van der Waals surface area contributed by atoms with Crippen LogP contribution < -0.4 is 5.32 Å². The van der Waals surface area contributed by atoms with Gasteiger partial charge in [0.25, 0.3) is 0 Å². The molecule has 12 nitrogen and oxygen atoms in total. The number of amides is 3. The molecule has 2 aromatic heterocycles. The number of hydrogen-bond donors (Lipinski definition) is 4. The van der Waals surface area contributed by atoms with Crippen molar-refractivity contribution in [2.45, 2.75) is 84.5 Å². The number of carbonyl (C=O) groups is 3. The summed E-state index contributed by atoms with van der Waals surface area (Å²) in [5.74, 6) is 1.32. The van der Waals surface area contributed by atoms with Gasteiger partial charge in [-0.25, -0.2) is 14.8 Å². The van der Waals surface area contributed by atoms with Crippen LogP contribution in [0.3, 0.4) is 0 Å². The average Bonchev–Trinajstić information content (AvgIpc) is 3.97. The Kier molecular flexibility index (Phi) is 10.9. The van der Waals surface area contributed by atoms with E-state index in [1.807, 2.05) is 31.9 Å². The lowest BCUT2D eigenvalue weighted by Gasteiger charge is -2.31. The highest BCUT2D eigenvalue weighted by Gasteiger charge is 2.38. The molecule has 2 fully saturated rings. The van der Waals surface area contributed by atoms with E-state index >= 15 is 0 Å². The predicted molar refractivity (Wildman–Crippen MR) is 197 cm³/mol. The number of carboxylic acid groups (broad SMARTS) is 1. The maximum absolute atomic E-state index is 13.4. The Bertz CT molecular complexity index is 1810. The Hall–Kier alpha value is -4.97. The second-order valence-electron chi connectivity index (χ2n) is 14.0. The lowest BCUT2D eigenvalue weighted by Crippen LogP contribution is -2.50. The predicted octanol–water partition coefficient (Wildman–Crippen LogP) is 6.48. The summed E-state index contributed by atoms with van der Waals surface area (Å²) in [5, 5.41) is 11.7. The maximum Gasteiger partial charge on any atom is 0.405 e. The monoisotopic (exact) mass is 694 g/mol. The molecule has 2 aromatic carbocycles. The second kappa shape index (κ2) is 15.5. The first kappa shape index (κ1) is 35.8. The largest absolute Gasteiger partial charge is 0.465 e. The van der Waals surface area contributed by atoms with Crippen LogP contribution in [0.1, 0.15) is 84.0 Å². The highest BCUT2D eigenvalue weighted by molar-refractivity contribution is 5.86. The molecule has 4 aromatic rings. The van der Waals surface area contributed by atoms with Gasteiger partial charge in [-0.2, -0.15) is 0 Å². The summed E-state index contributed by atoms with van der Waals surface area (Å²) < 4.78 is 0. The van der Waals surface area contributed by atoms with E-state index in [2.05, 4.69) is 87.5 Å². The number of carbonyl (C=O) groups excluding carboxylic acids is 2. The van der Waals surface area contributed by atoms with Crippen molar-refractivity contribution in [3.63, 3.8) is 0 Å². The number of imidazole rings is 2. The Morgan fingerprint density at radius 2 is 1.20 bits per heavy atom. The molecule has 270 valence electrons. The van der Waals surface area contributed by atoms with Crippen LogP contribution in [0.2, 0.25) is 0 Å². The number of nitrogens with zero attached hydrogens (tertiary/aromatic N) is 5. The molecule has 0 saturated carbocycles. The molecule has 2 saturated heterocycles. The van der Waals surface area contributed by atoms with E-state index in [-0.39, 0.29) is 35.9 Å². The summed E-state index contributed by atoms with van der Waals surface area (Å²) in [6, 6.07) is 15.4. The summed E-state index contributed by atoms with van der Waals surface area (Å²) in [6.45, 7) is 12.9. The lowest BCUT2D eigenvalue weighted by molar-refractivity contribution is -0.137. The molecule has 3 amide bonds. The Morgan fingerprint density at radius 3 is 1.61 bits per heavy atom. The highest BCUT2D eigenvalue weighted by atomic mass is 16.4. The van der Waals surface area contributed by atoms with Crippen LogP contribution in [-0.4, -0.2) is 95.9 Å². The number of hydrogen-bond acceptors (Lipinski definition) is 6. The fourth-order valence-corrected chi connectivity index (χ4v) is 7.61. The molecule has 4 heterocycles.